The summed E-state index contributed by atoms with van der Waals surface area (Å²) in [5.74, 6) is -0.811. The minimum atomic E-state index is -0.849. The molecule has 10 nitrogen and oxygen atoms in total. The van der Waals surface area contributed by atoms with Gasteiger partial charge in [-0.25, -0.2) is 4.79 Å². The SMILES string of the molecule is CC(=O)COCCOCCCC(=O)CC[C@H](NC(=O)CCCCCCCCCCCCCCCCCCC(=O)OC(C)(C)C)C(=O)OC(C)(C)C. The minimum Gasteiger partial charge on any atom is -0.460 e. The van der Waals surface area contributed by atoms with Gasteiger partial charge in [0.2, 0.25) is 5.91 Å². The summed E-state index contributed by atoms with van der Waals surface area (Å²) in [6, 6.07) is -0.849. The maximum atomic E-state index is 12.8. The summed E-state index contributed by atoms with van der Waals surface area (Å²) in [5, 5.41) is 2.82. The first-order valence-electron chi connectivity index (χ1n) is 20.0. The Balaban J connectivity index is 3.94. The smallest absolute Gasteiger partial charge is 0.329 e. The Morgan fingerprint density at radius 3 is 1.43 bits per heavy atom. The summed E-state index contributed by atoms with van der Waals surface area (Å²) < 4.78 is 21.4. The molecular formula is C41H75NO9. The second-order valence-corrected chi connectivity index (χ2v) is 15.9. The average molecular weight is 726 g/mol. The van der Waals surface area contributed by atoms with Gasteiger partial charge in [-0.3, -0.25) is 19.2 Å². The lowest BCUT2D eigenvalue weighted by atomic mass is 10.0. The molecule has 1 amide bonds. The number of carbonyl (C=O) groups excluding carboxylic acids is 5. The highest BCUT2D eigenvalue weighted by Gasteiger charge is 2.27. The normalized spacial score (nSPS) is 12.4. The Hall–Kier alpha value is -2.33. The van der Waals surface area contributed by atoms with E-state index in [1.807, 2.05) is 20.8 Å². The van der Waals surface area contributed by atoms with Gasteiger partial charge in [0.1, 0.15) is 29.6 Å². The van der Waals surface area contributed by atoms with Crippen molar-refractivity contribution in [2.45, 2.75) is 207 Å². The third-order valence-corrected chi connectivity index (χ3v) is 8.11. The zero-order valence-corrected chi connectivity index (χ0v) is 33.6. The number of hydrogen-bond acceptors (Lipinski definition) is 9. The zero-order valence-electron chi connectivity index (χ0n) is 33.6. The van der Waals surface area contributed by atoms with Crippen molar-refractivity contribution < 1.29 is 42.9 Å². The van der Waals surface area contributed by atoms with E-state index in [4.69, 9.17) is 18.9 Å². The van der Waals surface area contributed by atoms with Crippen LogP contribution < -0.4 is 5.32 Å². The first-order chi connectivity index (χ1) is 24.1. The zero-order chi connectivity index (χ0) is 38.4. The lowest BCUT2D eigenvalue weighted by molar-refractivity contribution is -0.159. The van der Waals surface area contributed by atoms with E-state index >= 15 is 0 Å². The number of Topliss-reactive ketones (excluding diaryl/α,β-unsaturated/α-hetero) is 2. The fourth-order valence-corrected chi connectivity index (χ4v) is 5.55. The molecule has 0 aliphatic rings. The highest BCUT2D eigenvalue weighted by molar-refractivity contribution is 5.85. The summed E-state index contributed by atoms with van der Waals surface area (Å²) in [7, 11) is 0. The standard InChI is InChI=1S/C41H75NO9/c1-34(43)33-49-32-31-48-30-24-25-35(44)28-29-36(39(47)51-41(5,6)7)42-37(45)26-22-20-18-16-14-12-10-8-9-11-13-15-17-19-21-23-27-38(46)50-40(2,3)4/h36H,8-33H2,1-7H3,(H,42,45)/t36-/m0/s1. The first-order valence-corrected chi connectivity index (χ1v) is 20.0. The van der Waals surface area contributed by atoms with Gasteiger partial charge in [0.15, 0.2) is 5.78 Å². The Bertz CT molecular complexity index is 952. The summed E-state index contributed by atoms with van der Waals surface area (Å²) in [6.07, 6.45) is 20.9. The van der Waals surface area contributed by atoms with E-state index in [-0.39, 0.29) is 48.5 Å². The van der Waals surface area contributed by atoms with Crippen molar-refractivity contribution in [3.63, 3.8) is 0 Å². The van der Waals surface area contributed by atoms with Crippen molar-refractivity contribution in [2.24, 2.45) is 0 Å². The van der Waals surface area contributed by atoms with Crippen molar-refractivity contribution in [1.82, 2.24) is 5.32 Å². The lowest BCUT2D eigenvalue weighted by Gasteiger charge is -2.24. The maximum absolute atomic E-state index is 12.8. The lowest BCUT2D eigenvalue weighted by Crippen LogP contribution is -2.44. The highest BCUT2D eigenvalue weighted by Crippen LogP contribution is 2.16. The quantitative estimate of drug-likeness (QED) is 0.0520. The van der Waals surface area contributed by atoms with Crippen LogP contribution in [0, 0.1) is 0 Å². The summed E-state index contributed by atoms with van der Waals surface area (Å²) in [5.41, 5.74) is -1.08. The van der Waals surface area contributed by atoms with Crippen LogP contribution in [0.2, 0.25) is 0 Å². The molecule has 0 saturated carbocycles. The van der Waals surface area contributed by atoms with Gasteiger partial charge in [-0.2, -0.15) is 0 Å². The molecule has 0 heterocycles. The van der Waals surface area contributed by atoms with Crippen LogP contribution in [0.25, 0.3) is 0 Å². The molecule has 10 heteroatoms. The summed E-state index contributed by atoms with van der Waals surface area (Å²) >= 11 is 0. The number of ketones is 2. The van der Waals surface area contributed by atoms with Crippen LogP contribution in [-0.4, -0.2) is 73.1 Å². The van der Waals surface area contributed by atoms with Crippen LogP contribution in [-0.2, 0) is 42.9 Å². The van der Waals surface area contributed by atoms with Crippen molar-refractivity contribution >= 4 is 29.4 Å². The van der Waals surface area contributed by atoms with Crippen LogP contribution in [0.15, 0.2) is 0 Å². The molecule has 0 aromatic rings. The van der Waals surface area contributed by atoms with Gasteiger partial charge in [0.25, 0.3) is 0 Å². The van der Waals surface area contributed by atoms with Crippen molar-refractivity contribution in [3.05, 3.63) is 0 Å². The molecular weight excluding hydrogens is 650 g/mol. The van der Waals surface area contributed by atoms with Crippen LogP contribution >= 0.6 is 0 Å². The van der Waals surface area contributed by atoms with Gasteiger partial charge in [0.05, 0.1) is 13.2 Å². The number of hydrogen-bond donors (Lipinski definition) is 1. The molecule has 298 valence electrons. The number of ether oxygens (including phenoxy) is 4. The van der Waals surface area contributed by atoms with Gasteiger partial charge in [-0.05, 0) is 74.1 Å². The predicted octanol–water partition coefficient (Wildman–Crippen LogP) is 8.93. The summed E-state index contributed by atoms with van der Waals surface area (Å²) in [4.78, 5) is 60.5. The molecule has 0 unspecified atom stereocenters. The average Bonchev–Trinajstić information content (AvgIpc) is 3.01. The molecule has 1 atom stereocenters. The predicted molar refractivity (Wildman–Crippen MR) is 203 cm³/mol. The molecule has 0 saturated heterocycles. The van der Waals surface area contributed by atoms with Gasteiger partial charge in [-0.15, -0.1) is 0 Å². The molecule has 0 aromatic heterocycles. The van der Waals surface area contributed by atoms with E-state index in [9.17, 15) is 24.0 Å². The van der Waals surface area contributed by atoms with E-state index in [2.05, 4.69) is 5.32 Å². The number of amides is 1. The number of carbonyl (C=O) groups is 5. The van der Waals surface area contributed by atoms with E-state index < -0.39 is 17.6 Å². The molecule has 0 aromatic carbocycles. The Kier molecular flexibility index (Phi) is 28.8. The second kappa shape index (κ2) is 30.2. The third-order valence-electron chi connectivity index (χ3n) is 8.11. The number of unbranched alkanes of at least 4 members (excludes halogenated alkanes) is 15. The van der Waals surface area contributed by atoms with Crippen molar-refractivity contribution in [2.75, 3.05) is 26.4 Å². The topological polar surface area (TPSA) is 134 Å². The molecule has 0 radical (unpaired) electrons. The molecule has 0 aliphatic heterocycles. The molecule has 1 N–H and O–H groups in total. The number of nitrogens with one attached hydrogen (secondary N) is 1. The molecule has 51 heavy (non-hydrogen) atoms. The summed E-state index contributed by atoms with van der Waals surface area (Å²) in [6.45, 7) is 13.7. The Morgan fingerprint density at radius 2 is 0.961 bits per heavy atom. The maximum Gasteiger partial charge on any atom is 0.329 e. The number of esters is 2. The monoisotopic (exact) mass is 726 g/mol. The fraction of sp³-hybridized carbons (Fsp3) is 0.878. The molecule has 0 aliphatic carbocycles. The largest absolute Gasteiger partial charge is 0.460 e. The van der Waals surface area contributed by atoms with Crippen LogP contribution in [0.5, 0.6) is 0 Å². The van der Waals surface area contributed by atoms with Gasteiger partial charge in [0, 0.05) is 32.3 Å². The minimum absolute atomic E-state index is 0.00534. The van der Waals surface area contributed by atoms with Crippen LogP contribution in [0.1, 0.15) is 190 Å². The molecule has 0 fully saturated rings. The Labute approximate surface area is 310 Å². The van der Waals surface area contributed by atoms with Crippen LogP contribution in [0.3, 0.4) is 0 Å². The van der Waals surface area contributed by atoms with Crippen molar-refractivity contribution in [1.29, 1.82) is 0 Å². The van der Waals surface area contributed by atoms with Gasteiger partial charge in [-0.1, -0.05) is 89.9 Å². The molecule has 0 spiro atoms. The molecule has 0 bridgehead atoms. The first kappa shape index (κ1) is 48.7. The number of rotatable bonds is 33. The van der Waals surface area contributed by atoms with E-state index in [0.29, 0.717) is 45.5 Å². The van der Waals surface area contributed by atoms with E-state index in [1.54, 1.807) is 20.8 Å². The van der Waals surface area contributed by atoms with Gasteiger partial charge >= 0.3 is 11.9 Å². The van der Waals surface area contributed by atoms with E-state index in [1.165, 1.54) is 77.6 Å². The Morgan fingerprint density at radius 1 is 0.510 bits per heavy atom. The van der Waals surface area contributed by atoms with Gasteiger partial charge < -0.3 is 24.3 Å². The van der Waals surface area contributed by atoms with Crippen molar-refractivity contribution in [3.8, 4) is 0 Å². The third kappa shape index (κ3) is 35.8. The molecule has 0 rings (SSSR count). The highest BCUT2D eigenvalue weighted by atomic mass is 16.6. The van der Waals surface area contributed by atoms with E-state index in [0.717, 1.165) is 32.1 Å². The fourth-order valence-electron chi connectivity index (χ4n) is 5.55. The second-order valence-electron chi connectivity index (χ2n) is 15.9. The van der Waals surface area contributed by atoms with Crippen LogP contribution in [0.4, 0.5) is 0 Å².